The second-order valence-electron chi connectivity index (χ2n) is 8.01. The predicted octanol–water partition coefficient (Wildman–Crippen LogP) is 5.80. The Morgan fingerprint density at radius 1 is 1.03 bits per heavy atom. The fourth-order valence-electron chi connectivity index (χ4n) is 2.98. The van der Waals surface area contributed by atoms with Gasteiger partial charge in [0.1, 0.15) is 4.88 Å². The Balaban J connectivity index is 2.05. The Labute approximate surface area is 187 Å². The largest absolute Gasteiger partial charge is 0.465 e. The summed E-state index contributed by atoms with van der Waals surface area (Å²) >= 11 is 1.12. The van der Waals surface area contributed by atoms with Crippen molar-refractivity contribution in [3.8, 4) is 0 Å². The first-order chi connectivity index (χ1) is 14.6. The normalized spacial score (nSPS) is 12.1. The summed E-state index contributed by atoms with van der Waals surface area (Å²) in [7, 11) is -2.69. The third-order valence-electron chi connectivity index (χ3n) is 4.70. The molecule has 0 saturated carbocycles. The molecule has 0 radical (unpaired) electrons. The van der Waals surface area contributed by atoms with E-state index >= 15 is 0 Å². The van der Waals surface area contributed by atoms with Gasteiger partial charge in [-0.15, -0.1) is 11.3 Å². The average molecular weight is 456 g/mol. The second-order valence-corrected chi connectivity index (χ2v) is 10.6. The molecule has 1 aromatic heterocycles. The molecule has 3 aromatic rings. The van der Waals surface area contributed by atoms with Crippen LogP contribution in [0.3, 0.4) is 0 Å². The lowest BCUT2D eigenvalue weighted by molar-refractivity contribution is 0.0607. The van der Waals surface area contributed by atoms with E-state index in [0.717, 1.165) is 22.5 Å². The summed E-state index contributed by atoms with van der Waals surface area (Å²) in [5.74, 6) is -0.583. The summed E-state index contributed by atoms with van der Waals surface area (Å²) in [5, 5.41) is 1.64. The zero-order valence-electron chi connectivity index (χ0n) is 17.9. The molecule has 0 aliphatic rings. The van der Waals surface area contributed by atoms with E-state index in [1.807, 2.05) is 48.5 Å². The van der Waals surface area contributed by atoms with Crippen molar-refractivity contribution in [2.24, 2.45) is 0 Å². The number of nitrogens with one attached hydrogen (secondary N) is 1. The van der Waals surface area contributed by atoms with Crippen molar-refractivity contribution in [1.82, 2.24) is 0 Å². The number of esters is 1. The number of benzene rings is 2. The summed E-state index contributed by atoms with van der Waals surface area (Å²) in [6.45, 7) is 6.23. The van der Waals surface area contributed by atoms with Crippen LogP contribution in [0.4, 0.5) is 5.69 Å². The van der Waals surface area contributed by atoms with Gasteiger partial charge in [0.15, 0.2) is 0 Å². The topological polar surface area (TPSA) is 72.5 Å². The molecule has 0 bridgehead atoms. The van der Waals surface area contributed by atoms with Crippen LogP contribution in [0.25, 0.3) is 12.2 Å². The van der Waals surface area contributed by atoms with E-state index in [4.69, 9.17) is 4.74 Å². The minimum Gasteiger partial charge on any atom is -0.465 e. The van der Waals surface area contributed by atoms with Crippen LogP contribution in [0.15, 0.2) is 64.9 Å². The van der Waals surface area contributed by atoms with Crippen molar-refractivity contribution in [2.75, 3.05) is 11.8 Å². The molecule has 3 rings (SSSR count). The molecule has 31 heavy (non-hydrogen) atoms. The summed E-state index contributed by atoms with van der Waals surface area (Å²) in [4.78, 5) is 12.3. The molecule has 5 nitrogen and oxygen atoms in total. The SMILES string of the molecule is COC(=O)c1sccc1NS(=O)(=O)c1ccc(C(C)(C)C)cc1C=Cc1ccccc1. The van der Waals surface area contributed by atoms with E-state index in [1.54, 1.807) is 23.6 Å². The number of carbonyl (C=O) groups is 1. The molecule has 0 amide bonds. The molecule has 1 heterocycles. The molecule has 0 aliphatic heterocycles. The first-order valence-corrected chi connectivity index (χ1v) is 12.0. The van der Waals surface area contributed by atoms with Crippen LogP contribution >= 0.6 is 11.3 Å². The Morgan fingerprint density at radius 3 is 2.39 bits per heavy atom. The van der Waals surface area contributed by atoms with Gasteiger partial charge in [0, 0.05) is 0 Å². The third-order valence-corrected chi connectivity index (χ3v) is 7.03. The number of hydrogen-bond donors (Lipinski definition) is 1. The van der Waals surface area contributed by atoms with Crippen molar-refractivity contribution >= 4 is 45.2 Å². The maximum atomic E-state index is 13.3. The van der Waals surface area contributed by atoms with Crippen LogP contribution < -0.4 is 4.72 Å². The number of carbonyl (C=O) groups excluding carboxylic acids is 1. The van der Waals surface area contributed by atoms with Gasteiger partial charge in [-0.25, -0.2) is 13.2 Å². The number of ether oxygens (including phenoxy) is 1. The van der Waals surface area contributed by atoms with Gasteiger partial charge in [-0.1, -0.05) is 69.3 Å². The van der Waals surface area contributed by atoms with E-state index in [-0.39, 0.29) is 20.9 Å². The average Bonchev–Trinajstić information content (AvgIpc) is 3.19. The molecule has 0 saturated heterocycles. The fourth-order valence-corrected chi connectivity index (χ4v) is 5.06. The van der Waals surface area contributed by atoms with Gasteiger partial charge in [0.2, 0.25) is 0 Å². The van der Waals surface area contributed by atoms with Gasteiger partial charge >= 0.3 is 5.97 Å². The lowest BCUT2D eigenvalue weighted by Crippen LogP contribution is -2.17. The molecule has 0 aliphatic carbocycles. The van der Waals surface area contributed by atoms with Crippen LogP contribution in [-0.2, 0) is 20.2 Å². The van der Waals surface area contributed by atoms with Crippen LogP contribution in [0, 0.1) is 0 Å². The highest BCUT2D eigenvalue weighted by molar-refractivity contribution is 7.92. The van der Waals surface area contributed by atoms with Crippen molar-refractivity contribution in [3.05, 3.63) is 81.5 Å². The van der Waals surface area contributed by atoms with E-state index in [2.05, 4.69) is 25.5 Å². The molecule has 2 aromatic carbocycles. The molecule has 0 spiro atoms. The molecule has 1 N–H and O–H groups in total. The Morgan fingerprint density at radius 2 is 1.74 bits per heavy atom. The summed E-state index contributed by atoms with van der Waals surface area (Å²) in [6.07, 6.45) is 3.68. The number of sulfonamides is 1. The highest BCUT2D eigenvalue weighted by atomic mass is 32.2. The second kappa shape index (κ2) is 9.08. The number of rotatable bonds is 6. The quantitative estimate of drug-likeness (QED) is 0.376. The van der Waals surface area contributed by atoms with Crippen LogP contribution in [-0.4, -0.2) is 21.5 Å². The molecule has 0 atom stereocenters. The minimum absolute atomic E-state index is 0.134. The maximum Gasteiger partial charge on any atom is 0.350 e. The van der Waals surface area contributed by atoms with Crippen LogP contribution in [0.1, 0.15) is 47.1 Å². The van der Waals surface area contributed by atoms with Crippen LogP contribution in [0.2, 0.25) is 0 Å². The van der Waals surface area contributed by atoms with E-state index in [9.17, 15) is 13.2 Å². The summed E-state index contributed by atoms with van der Waals surface area (Å²) < 4.78 is 33.8. The highest BCUT2D eigenvalue weighted by Crippen LogP contribution is 2.31. The predicted molar refractivity (Wildman–Crippen MR) is 127 cm³/mol. The van der Waals surface area contributed by atoms with Gasteiger partial charge in [-0.2, -0.15) is 0 Å². The van der Waals surface area contributed by atoms with Gasteiger partial charge in [0.05, 0.1) is 17.7 Å². The van der Waals surface area contributed by atoms with Crippen LogP contribution in [0.5, 0.6) is 0 Å². The number of thiophene rings is 1. The molecular weight excluding hydrogens is 430 g/mol. The fraction of sp³-hybridized carbons (Fsp3) is 0.208. The van der Waals surface area contributed by atoms with Crippen molar-refractivity contribution in [2.45, 2.75) is 31.1 Å². The van der Waals surface area contributed by atoms with Crippen molar-refractivity contribution < 1.29 is 17.9 Å². The monoisotopic (exact) mass is 455 g/mol. The van der Waals surface area contributed by atoms with E-state index in [1.165, 1.54) is 7.11 Å². The van der Waals surface area contributed by atoms with Crippen molar-refractivity contribution in [1.29, 1.82) is 0 Å². The first-order valence-electron chi connectivity index (χ1n) is 9.68. The number of methoxy groups -OCH3 is 1. The molecular formula is C24H25NO4S2. The first kappa shape index (κ1) is 22.8. The maximum absolute atomic E-state index is 13.3. The zero-order chi connectivity index (χ0) is 22.6. The smallest absolute Gasteiger partial charge is 0.350 e. The number of anilines is 1. The zero-order valence-corrected chi connectivity index (χ0v) is 19.5. The van der Waals surface area contributed by atoms with Gasteiger partial charge < -0.3 is 4.74 Å². The Kier molecular flexibility index (Phi) is 6.67. The van der Waals surface area contributed by atoms with Gasteiger partial charge in [-0.3, -0.25) is 4.72 Å². The molecule has 7 heteroatoms. The molecule has 162 valence electrons. The van der Waals surface area contributed by atoms with Crippen molar-refractivity contribution in [3.63, 3.8) is 0 Å². The lowest BCUT2D eigenvalue weighted by atomic mass is 9.86. The van der Waals surface area contributed by atoms with Gasteiger partial charge in [0.25, 0.3) is 10.0 Å². The number of hydrogen-bond acceptors (Lipinski definition) is 5. The van der Waals surface area contributed by atoms with Gasteiger partial charge in [-0.05, 0) is 45.7 Å². The minimum atomic E-state index is -3.95. The van der Waals surface area contributed by atoms with E-state index in [0.29, 0.717) is 5.56 Å². The summed E-state index contributed by atoms with van der Waals surface area (Å²) in [6, 6.07) is 16.6. The lowest BCUT2D eigenvalue weighted by Gasteiger charge is -2.21. The Hall–Kier alpha value is -2.90. The third kappa shape index (κ3) is 5.42. The van der Waals surface area contributed by atoms with E-state index < -0.39 is 16.0 Å². The molecule has 0 fully saturated rings. The highest BCUT2D eigenvalue weighted by Gasteiger charge is 2.24. The Bertz CT molecular complexity index is 1200. The molecule has 0 unspecified atom stereocenters. The standard InChI is InChI=1S/C24H25NO4S2/c1-24(2,3)19-12-13-21(18(16-19)11-10-17-8-6-5-7-9-17)31(27,28)25-20-14-15-30-22(20)23(26)29-4/h5-16,25H,1-4H3. The summed E-state index contributed by atoms with van der Waals surface area (Å²) in [5.41, 5.74) is 2.61.